The van der Waals surface area contributed by atoms with Crippen molar-refractivity contribution in [2.45, 2.75) is 0 Å². The van der Waals surface area contributed by atoms with Crippen LogP contribution in [0.15, 0.2) is 12.1 Å². The van der Waals surface area contributed by atoms with E-state index < -0.39 is 22.3 Å². The molecule has 0 atom stereocenters. The highest BCUT2D eigenvalue weighted by Gasteiger charge is 2.16. The summed E-state index contributed by atoms with van der Waals surface area (Å²) in [5.74, 6) is -1.98. The van der Waals surface area contributed by atoms with Gasteiger partial charge in [-0.2, -0.15) is 0 Å². The van der Waals surface area contributed by atoms with Crippen LogP contribution in [0.1, 0.15) is 10.4 Å². The molecule has 0 bridgehead atoms. The first kappa shape index (κ1) is 8.98. The lowest BCUT2D eigenvalue weighted by atomic mass is 10.2. The van der Waals surface area contributed by atoms with Crippen LogP contribution in [0.25, 0.3) is 0 Å². The van der Waals surface area contributed by atoms with E-state index in [0.29, 0.717) is 0 Å². The Kier molecular flexibility index (Phi) is 2.14. The molecule has 0 unspecified atom stereocenters. The quantitative estimate of drug-likeness (QED) is 0.520. The van der Waals surface area contributed by atoms with Gasteiger partial charge in [-0.25, -0.2) is 4.79 Å². The number of hydrogen-bond donors (Lipinski definition) is 2. The molecule has 1 radical (unpaired) electrons. The van der Waals surface area contributed by atoms with Gasteiger partial charge < -0.3 is 10.2 Å². The Morgan fingerprint density at radius 1 is 1.62 bits per heavy atom. The van der Waals surface area contributed by atoms with Crippen LogP contribution in [0.3, 0.4) is 0 Å². The van der Waals surface area contributed by atoms with Gasteiger partial charge in [-0.1, -0.05) is 0 Å². The second-order valence-electron chi connectivity index (χ2n) is 2.18. The molecule has 0 heterocycles. The number of aromatic hydroxyl groups is 1. The molecule has 0 aromatic heterocycles. The summed E-state index contributed by atoms with van der Waals surface area (Å²) in [5, 5.41) is 27.6. The maximum atomic E-state index is 10.4. The number of nitro groups is 1. The lowest BCUT2D eigenvalue weighted by Gasteiger charge is -1.96. The van der Waals surface area contributed by atoms with E-state index >= 15 is 0 Å². The second-order valence-corrected chi connectivity index (χ2v) is 2.18. The third kappa shape index (κ3) is 1.73. The minimum atomic E-state index is -1.31. The zero-order valence-electron chi connectivity index (χ0n) is 6.22. The number of carbonyl (C=O) groups is 1. The number of phenolic OH excluding ortho intramolecular Hbond substituents is 1. The van der Waals surface area contributed by atoms with Crippen LogP contribution >= 0.6 is 0 Å². The number of nitro benzene ring substituents is 1. The predicted molar refractivity (Wildman–Crippen MR) is 40.6 cm³/mol. The second kappa shape index (κ2) is 3.10. The van der Waals surface area contributed by atoms with Crippen LogP contribution in [-0.4, -0.2) is 21.1 Å². The lowest BCUT2D eigenvalue weighted by molar-refractivity contribution is -0.385. The summed E-state index contributed by atoms with van der Waals surface area (Å²) >= 11 is 0. The Morgan fingerprint density at radius 2 is 2.23 bits per heavy atom. The summed E-state index contributed by atoms with van der Waals surface area (Å²) in [4.78, 5) is 19.7. The summed E-state index contributed by atoms with van der Waals surface area (Å²) in [6.45, 7) is 0. The molecule has 0 amide bonds. The molecule has 0 aliphatic heterocycles. The molecule has 1 rings (SSSR count). The van der Waals surface area contributed by atoms with Gasteiger partial charge in [0.15, 0.2) is 0 Å². The van der Waals surface area contributed by atoms with Crippen molar-refractivity contribution in [3.05, 3.63) is 33.9 Å². The number of aromatic carboxylic acids is 1. The van der Waals surface area contributed by atoms with Gasteiger partial charge in [0, 0.05) is 12.1 Å². The van der Waals surface area contributed by atoms with Gasteiger partial charge in [-0.05, 0) is 6.07 Å². The van der Waals surface area contributed by atoms with Crippen molar-refractivity contribution in [2.24, 2.45) is 0 Å². The van der Waals surface area contributed by atoms with Gasteiger partial charge in [-0.3, -0.25) is 10.1 Å². The number of carboxylic acids is 1. The number of rotatable bonds is 2. The molecule has 1 aromatic rings. The topological polar surface area (TPSA) is 101 Å². The Hall–Kier alpha value is -2.11. The number of hydrogen-bond acceptors (Lipinski definition) is 4. The van der Waals surface area contributed by atoms with Crippen LogP contribution in [0.4, 0.5) is 5.69 Å². The number of nitrogens with zero attached hydrogens (tertiary/aromatic N) is 1. The number of benzene rings is 1. The minimum Gasteiger partial charge on any atom is -0.502 e. The molecular formula is C7H4NO5. The van der Waals surface area contributed by atoms with Crippen LogP contribution < -0.4 is 0 Å². The molecule has 0 spiro atoms. The van der Waals surface area contributed by atoms with Crippen molar-refractivity contribution >= 4 is 11.7 Å². The zero-order valence-corrected chi connectivity index (χ0v) is 6.22. The SMILES string of the molecule is O=C(O)c1c[c]c(O)c([N+](=O)[O-])c1. The lowest BCUT2D eigenvalue weighted by Crippen LogP contribution is -1.98. The average molecular weight is 182 g/mol. The van der Waals surface area contributed by atoms with Gasteiger partial charge >= 0.3 is 11.7 Å². The zero-order chi connectivity index (χ0) is 10.0. The molecule has 0 aliphatic carbocycles. The molecule has 0 saturated heterocycles. The number of phenols is 1. The molecule has 1 aromatic carbocycles. The monoisotopic (exact) mass is 182 g/mol. The van der Waals surface area contributed by atoms with Gasteiger partial charge in [-0.15, -0.1) is 0 Å². The summed E-state index contributed by atoms with van der Waals surface area (Å²) in [5.41, 5.74) is -0.954. The van der Waals surface area contributed by atoms with Crippen molar-refractivity contribution < 1.29 is 19.9 Å². The molecule has 6 nitrogen and oxygen atoms in total. The van der Waals surface area contributed by atoms with Crippen LogP contribution in [-0.2, 0) is 0 Å². The summed E-state index contributed by atoms with van der Waals surface area (Å²) in [6.07, 6.45) is 0. The predicted octanol–water partition coefficient (Wildman–Crippen LogP) is 0.799. The molecule has 0 fully saturated rings. The maximum Gasteiger partial charge on any atom is 0.335 e. The van der Waals surface area contributed by atoms with Gasteiger partial charge in [0.25, 0.3) is 0 Å². The third-order valence-corrected chi connectivity index (χ3v) is 1.34. The Bertz CT molecular complexity index is 373. The standard InChI is InChI=1S/C7H4NO5/c9-6-2-1-4(7(10)11)3-5(6)8(12)13/h1,3,9H,(H,10,11). The van der Waals surface area contributed by atoms with E-state index in [2.05, 4.69) is 6.07 Å². The fraction of sp³-hybridized carbons (Fsp3) is 0. The first-order valence-corrected chi connectivity index (χ1v) is 3.14. The highest BCUT2D eigenvalue weighted by atomic mass is 16.6. The molecule has 0 aliphatic rings. The molecular weight excluding hydrogens is 178 g/mol. The molecule has 2 N–H and O–H groups in total. The van der Waals surface area contributed by atoms with Crippen LogP contribution in [0.2, 0.25) is 0 Å². The fourth-order valence-electron chi connectivity index (χ4n) is 0.740. The van der Waals surface area contributed by atoms with Crippen molar-refractivity contribution in [1.82, 2.24) is 0 Å². The molecule has 67 valence electrons. The first-order valence-electron chi connectivity index (χ1n) is 3.14. The van der Waals surface area contributed by atoms with E-state index in [-0.39, 0.29) is 5.56 Å². The highest BCUT2D eigenvalue weighted by molar-refractivity contribution is 5.88. The van der Waals surface area contributed by atoms with E-state index in [0.717, 1.165) is 12.1 Å². The maximum absolute atomic E-state index is 10.4. The summed E-state index contributed by atoms with van der Waals surface area (Å²) in [7, 11) is 0. The van der Waals surface area contributed by atoms with E-state index in [1.165, 1.54) is 0 Å². The van der Waals surface area contributed by atoms with Crippen molar-refractivity contribution in [2.75, 3.05) is 0 Å². The van der Waals surface area contributed by atoms with Crippen molar-refractivity contribution in [3.63, 3.8) is 0 Å². The smallest absolute Gasteiger partial charge is 0.335 e. The molecule has 6 heteroatoms. The Labute approximate surface area is 72.2 Å². The van der Waals surface area contributed by atoms with Gasteiger partial charge in [0.2, 0.25) is 5.75 Å². The highest BCUT2D eigenvalue weighted by Crippen LogP contribution is 2.25. The third-order valence-electron chi connectivity index (χ3n) is 1.34. The Morgan fingerprint density at radius 3 is 2.69 bits per heavy atom. The summed E-state index contributed by atoms with van der Waals surface area (Å²) in [6, 6.07) is 3.80. The average Bonchev–Trinajstić information content (AvgIpc) is 2.04. The fourth-order valence-corrected chi connectivity index (χ4v) is 0.740. The van der Waals surface area contributed by atoms with Crippen LogP contribution in [0.5, 0.6) is 5.75 Å². The number of carboxylic acid groups (broad SMARTS) is 1. The van der Waals surface area contributed by atoms with E-state index in [9.17, 15) is 14.9 Å². The molecule has 13 heavy (non-hydrogen) atoms. The summed E-state index contributed by atoms with van der Waals surface area (Å²) < 4.78 is 0. The van der Waals surface area contributed by atoms with Gasteiger partial charge in [0.1, 0.15) is 0 Å². The Balaban J connectivity index is 3.27. The van der Waals surface area contributed by atoms with E-state index in [1.54, 1.807) is 0 Å². The van der Waals surface area contributed by atoms with Gasteiger partial charge in [0.05, 0.1) is 10.5 Å². The van der Waals surface area contributed by atoms with E-state index in [1.807, 2.05) is 0 Å². The first-order chi connectivity index (χ1) is 6.02. The normalized spacial score (nSPS) is 9.54. The van der Waals surface area contributed by atoms with Crippen molar-refractivity contribution in [1.29, 1.82) is 0 Å². The van der Waals surface area contributed by atoms with Crippen LogP contribution in [0, 0.1) is 16.2 Å². The van der Waals surface area contributed by atoms with Crippen molar-refractivity contribution in [3.8, 4) is 5.75 Å². The largest absolute Gasteiger partial charge is 0.502 e. The van der Waals surface area contributed by atoms with E-state index in [4.69, 9.17) is 10.2 Å². The molecule has 0 saturated carbocycles. The minimum absolute atomic E-state index is 0.287.